The van der Waals surface area contributed by atoms with Gasteiger partial charge in [-0.3, -0.25) is 4.79 Å². The molecule has 1 atom stereocenters. The zero-order valence-corrected chi connectivity index (χ0v) is 12.9. The second kappa shape index (κ2) is 5.85. The molecule has 1 unspecified atom stereocenters. The Morgan fingerprint density at radius 2 is 1.94 bits per heavy atom. The topological polar surface area (TPSA) is 40.5 Å². The minimum atomic E-state index is -0.763. The molecule has 0 heterocycles. The molecule has 0 radical (unpaired) electrons. The van der Waals surface area contributed by atoms with Gasteiger partial charge in [0, 0.05) is 10.5 Å². The lowest BCUT2D eigenvalue weighted by Crippen LogP contribution is -2.31. The molecule has 1 aromatic carbocycles. The lowest BCUT2D eigenvalue weighted by atomic mass is 9.83. The molecule has 18 heavy (non-hydrogen) atoms. The van der Waals surface area contributed by atoms with Crippen molar-refractivity contribution in [3.8, 4) is 0 Å². The minimum absolute atomic E-state index is 0.0756. The minimum Gasteiger partial charge on any atom is -0.481 e. The maximum Gasteiger partial charge on any atom is 0.309 e. The number of aliphatic carboxylic acids is 1. The Morgan fingerprint density at radius 3 is 2.39 bits per heavy atom. The summed E-state index contributed by atoms with van der Waals surface area (Å²) in [6.45, 7) is 3.53. The van der Waals surface area contributed by atoms with Gasteiger partial charge in [0.1, 0.15) is 0 Å². The van der Waals surface area contributed by atoms with E-state index in [-0.39, 0.29) is 6.04 Å². The maximum absolute atomic E-state index is 11.3. The Hall–Kier alpha value is -0.870. The van der Waals surface area contributed by atoms with E-state index in [4.69, 9.17) is 0 Å². The van der Waals surface area contributed by atoms with Gasteiger partial charge < -0.3 is 10.0 Å². The summed E-state index contributed by atoms with van der Waals surface area (Å²) >= 11 is 3.54. The molecule has 100 valence electrons. The summed E-state index contributed by atoms with van der Waals surface area (Å²) in [6.07, 6.45) is 0.567. The van der Waals surface area contributed by atoms with Crippen LogP contribution in [0.5, 0.6) is 0 Å². The average molecular weight is 314 g/mol. The van der Waals surface area contributed by atoms with Gasteiger partial charge in [-0.2, -0.15) is 0 Å². The molecule has 4 heteroatoms. The van der Waals surface area contributed by atoms with E-state index in [9.17, 15) is 9.90 Å². The Kier molecular flexibility index (Phi) is 4.93. The fourth-order valence-corrected chi connectivity index (χ4v) is 2.44. The highest BCUT2D eigenvalue weighted by atomic mass is 79.9. The summed E-state index contributed by atoms with van der Waals surface area (Å²) in [5.41, 5.74) is 0.376. The highest BCUT2D eigenvalue weighted by Gasteiger charge is 2.32. The van der Waals surface area contributed by atoms with E-state index in [2.05, 4.69) is 20.8 Å². The van der Waals surface area contributed by atoms with E-state index in [1.165, 1.54) is 0 Å². The molecule has 0 spiro atoms. The third-order valence-corrected chi connectivity index (χ3v) is 3.89. The number of nitrogens with zero attached hydrogens (tertiary/aromatic N) is 1. The van der Waals surface area contributed by atoms with E-state index >= 15 is 0 Å². The Morgan fingerprint density at radius 1 is 1.39 bits per heavy atom. The van der Waals surface area contributed by atoms with E-state index < -0.39 is 11.4 Å². The molecule has 0 aliphatic rings. The number of carbonyl (C=O) groups is 1. The molecular formula is C14H20BrNO2. The van der Waals surface area contributed by atoms with Crippen LogP contribution in [0.15, 0.2) is 28.7 Å². The summed E-state index contributed by atoms with van der Waals surface area (Å²) < 4.78 is 1.02. The molecule has 0 saturated carbocycles. The Bertz CT molecular complexity index is 430. The zero-order chi connectivity index (χ0) is 13.9. The molecular weight excluding hydrogens is 294 g/mol. The van der Waals surface area contributed by atoms with E-state index in [0.717, 1.165) is 10.0 Å². The van der Waals surface area contributed by atoms with Crippen molar-refractivity contribution < 1.29 is 9.90 Å². The van der Waals surface area contributed by atoms with Crippen molar-refractivity contribution in [2.75, 3.05) is 14.1 Å². The molecule has 1 aromatic rings. The summed E-state index contributed by atoms with van der Waals surface area (Å²) in [5, 5.41) is 9.26. The molecule has 1 N–H and O–H groups in total. The molecule has 0 saturated heterocycles. The first-order valence-electron chi connectivity index (χ1n) is 5.90. The van der Waals surface area contributed by atoms with Crippen molar-refractivity contribution >= 4 is 21.9 Å². The second-order valence-corrected chi connectivity index (χ2v) is 6.25. The predicted octanol–water partition coefficient (Wildman–Crippen LogP) is 3.55. The summed E-state index contributed by atoms with van der Waals surface area (Å²) in [4.78, 5) is 13.3. The predicted molar refractivity (Wildman–Crippen MR) is 76.6 cm³/mol. The van der Waals surface area contributed by atoms with Crippen LogP contribution in [-0.2, 0) is 4.79 Å². The third-order valence-electron chi connectivity index (χ3n) is 3.17. The highest BCUT2D eigenvalue weighted by Crippen LogP contribution is 2.36. The molecule has 0 aromatic heterocycles. The number of rotatable bonds is 5. The fourth-order valence-electron chi connectivity index (χ4n) is 1.89. The van der Waals surface area contributed by atoms with Gasteiger partial charge in [-0.25, -0.2) is 0 Å². The van der Waals surface area contributed by atoms with Crippen molar-refractivity contribution in [1.82, 2.24) is 4.90 Å². The van der Waals surface area contributed by atoms with E-state index in [0.29, 0.717) is 6.42 Å². The quantitative estimate of drug-likeness (QED) is 0.903. The summed E-state index contributed by atoms with van der Waals surface area (Å²) in [6, 6.07) is 8.03. The third kappa shape index (κ3) is 3.56. The lowest BCUT2D eigenvalue weighted by Gasteiger charge is -2.31. The monoisotopic (exact) mass is 313 g/mol. The number of hydrogen-bond donors (Lipinski definition) is 1. The highest BCUT2D eigenvalue weighted by molar-refractivity contribution is 9.10. The van der Waals surface area contributed by atoms with Crippen LogP contribution in [0.1, 0.15) is 31.9 Å². The molecule has 3 nitrogen and oxygen atoms in total. The Balaban J connectivity index is 3.06. The van der Waals surface area contributed by atoms with Gasteiger partial charge in [-0.1, -0.05) is 34.1 Å². The van der Waals surface area contributed by atoms with Gasteiger partial charge in [0.15, 0.2) is 0 Å². The first-order chi connectivity index (χ1) is 8.25. The van der Waals surface area contributed by atoms with Crippen molar-refractivity contribution in [2.24, 2.45) is 5.41 Å². The average Bonchev–Trinajstić information content (AvgIpc) is 2.26. The van der Waals surface area contributed by atoms with Gasteiger partial charge in [0.25, 0.3) is 0 Å². The first kappa shape index (κ1) is 15.2. The van der Waals surface area contributed by atoms with Crippen LogP contribution in [0, 0.1) is 5.41 Å². The summed E-state index contributed by atoms with van der Waals surface area (Å²) in [5.74, 6) is -0.763. The van der Waals surface area contributed by atoms with E-state index in [1.54, 1.807) is 13.8 Å². The largest absolute Gasteiger partial charge is 0.481 e. The van der Waals surface area contributed by atoms with Gasteiger partial charge in [-0.05, 0) is 46.0 Å². The molecule has 0 amide bonds. The van der Waals surface area contributed by atoms with Crippen LogP contribution in [0.25, 0.3) is 0 Å². The van der Waals surface area contributed by atoms with Crippen LogP contribution in [-0.4, -0.2) is 30.1 Å². The van der Waals surface area contributed by atoms with Crippen LogP contribution in [0.3, 0.4) is 0 Å². The fraction of sp³-hybridized carbons (Fsp3) is 0.500. The number of halogens is 1. The normalized spacial score (nSPS) is 13.7. The SMILES string of the molecule is CN(C)C(CC(C)(C)C(=O)O)c1ccccc1Br. The molecule has 1 rings (SSSR count). The maximum atomic E-state index is 11.3. The van der Waals surface area contributed by atoms with E-state index in [1.807, 2.05) is 38.4 Å². The first-order valence-corrected chi connectivity index (χ1v) is 6.69. The zero-order valence-electron chi connectivity index (χ0n) is 11.3. The van der Waals surface area contributed by atoms with Crippen LogP contribution >= 0.6 is 15.9 Å². The standard InChI is InChI=1S/C14H20BrNO2/c1-14(2,13(17)18)9-12(16(3)4)10-7-5-6-8-11(10)15/h5-8,12H,9H2,1-4H3,(H,17,18). The van der Waals surface area contributed by atoms with Crippen molar-refractivity contribution in [2.45, 2.75) is 26.3 Å². The lowest BCUT2D eigenvalue weighted by molar-refractivity contribution is -0.148. The molecule has 0 fully saturated rings. The Labute approximate surface area is 117 Å². The molecule has 0 aliphatic carbocycles. The van der Waals surface area contributed by atoms with Gasteiger partial charge in [0.05, 0.1) is 5.41 Å². The number of hydrogen-bond acceptors (Lipinski definition) is 2. The van der Waals surface area contributed by atoms with Crippen molar-refractivity contribution in [1.29, 1.82) is 0 Å². The second-order valence-electron chi connectivity index (χ2n) is 5.39. The van der Waals surface area contributed by atoms with Crippen molar-refractivity contribution in [3.05, 3.63) is 34.3 Å². The van der Waals surface area contributed by atoms with Crippen LogP contribution < -0.4 is 0 Å². The van der Waals surface area contributed by atoms with Gasteiger partial charge in [-0.15, -0.1) is 0 Å². The number of carboxylic acid groups (broad SMARTS) is 1. The van der Waals surface area contributed by atoms with Crippen molar-refractivity contribution in [3.63, 3.8) is 0 Å². The number of carboxylic acids is 1. The van der Waals surface area contributed by atoms with Gasteiger partial charge in [0.2, 0.25) is 0 Å². The summed E-state index contributed by atoms with van der Waals surface area (Å²) in [7, 11) is 3.95. The molecule has 0 aliphatic heterocycles. The van der Waals surface area contributed by atoms with Crippen LogP contribution in [0.2, 0.25) is 0 Å². The molecule has 0 bridgehead atoms. The van der Waals surface area contributed by atoms with Crippen LogP contribution in [0.4, 0.5) is 0 Å². The smallest absolute Gasteiger partial charge is 0.309 e. The van der Waals surface area contributed by atoms with Gasteiger partial charge >= 0.3 is 5.97 Å². The number of benzene rings is 1.